The van der Waals surface area contributed by atoms with Crippen LogP contribution in [0.5, 0.6) is 0 Å². The highest BCUT2D eigenvalue weighted by atomic mass is 32.1. The van der Waals surface area contributed by atoms with Crippen LogP contribution in [-0.4, -0.2) is 31.6 Å². The summed E-state index contributed by atoms with van der Waals surface area (Å²) < 4.78 is 5.44. The van der Waals surface area contributed by atoms with E-state index in [1.807, 2.05) is 12.3 Å². The molecule has 2 heterocycles. The molecule has 19 heavy (non-hydrogen) atoms. The number of carbonyl (C=O) groups excluding carboxylic acids is 1. The molecular weight excluding hydrogens is 258 g/mol. The first kappa shape index (κ1) is 14.5. The van der Waals surface area contributed by atoms with E-state index in [1.54, 1.807) is 11.3 Å². The lowest BCUT2D eigenvalue weighted by Crippen LogP contribution is -2.39. The smallest absolute Gasteiger partial charge is 0.163 e. The van der Waals surface area contributed by atoms with Crippen LogP contribution in [-0.2, 0) is 4.74 Å². The number of nitrogens with zero attached hydrogens (tertiary/aromatic N) is 1. The maximum atomic E-state index is 11.9. The molecule has 0 atom stereocenters. The van der Waals surface area contributed by atoms with Crippen molar-refractivity contribution >= 4 is 22.1 Å². The predicted octanol–water partition coefficient (Wildman–Crippen LogP) is 3.65. The Morgan fingerprint density at radius 2 is 2.11 bits per heavy atom. The van der Waals surface area contributed by atoms with Gasteiger partial charge in [-0.25, -0.2) is 0 Å². The second-order valence-corrected chi connectivity index (χ2v) is 5.84. The van der Waals surface area contributed by atoms with Crippen molar-refractivity contribution in [2.24, 2.45) is 0 Å². The predicted molar refractivity (Wildman–Crippen MR) is 80.5 cm³/mol. The molecule has 106 valence electrons. The molecule has 0 saturated carbocycles. The molecular formula is C15H23NO2S. The molecule has 1 aromatic heterocycles. The van der Waals surface area contributed by atoms with Crippen LogP contribution in [0, 0.1) is 6.92 Å². The van der Waals surface area contributed by atoms with Gasteiger partial charge in [-0.05, 0) is 32.3 Å². The highest BCUT2D eigenvalue weighted by molar-refractivity contribution is 7.14. The number of hydrogen-bond donors (Lipinski definition) is 0. The van der Waals surface area contributed by atoms with E-state index < -0.39 is 0 Å². The average Bonchev–Trinajstić information content (AvgIpc) is 2.82. The number of ether oxygens (including phenoxy) is 1. The molecule has 0 aromatic carbocycles. The third-order valence-corrected chi connectivity index (χ3v) is 4.99. The van der Waals surface area contributed by atoms with E-state index in [1.165, 1.54) is 5.00 Å². The second kappa shape index (κ2) is 6.53. The van der Waals surface area contributed by atoms with E-state index in [9.17, 15) is 4.79 Å². The Bertz CT molecular complexity index is 435. The molecule has 1 aliphatic rings. The van der Waals surface area contributed by atoms with Crippen LogP contribution in [0.3, 0.4) is 0 Å². The molecule has 0 radical (unpaired) electrons. The summed E-state index contributed by atoms with van der Waals surface area (Å²) >= 11 is 1.71. The monoisotopic (exact) mass is 281 g/mol. The summed E-state index contributed by atoms with van der Waals surface area (Å²) in [5.41, 5.74) is 2.07. The van der Waals surface area contributed by atoms with E-state index in [-0.39, 0.29) is 5.78 Å². The summed E-state index contributed by atoms with van der Waals surface area (Å²) in [6.45, 7) is 8.90. The number of carbonyl (C=O) groups is 1. The Morgan fingerprint density at radius 3 is 2.68 bits per heavy atom. The fourth-order valence-electron chi connectivity index (χ4n) is 2.72. The van der Waals surface area contributed by atoms with Gasteiger partial charge in [-0.15, -0.1) is 11.3 Å². The number of rotatable bonds is 5. The summed E-state index contributed by atoms with van der Waals surface area (Å²) in [4.78, 5) is 14.4. The zero-order valence-electron chi connectivity index (χ0n) is 12.1. The van der Waals surface area contributed by atoms with Crippen molar-refractivity contribution in [1.29, 1.82) is 0 Å². The Morgan fingerprint density at radius 1 is 1.42 bits per heavy atom. The molecule has 3 nitrogen and oxygen atoms in total. The van der Waals surface area contributed by atoms with E-state index in [0.29, 0.717) is 12.5 Å². The van der Waals surface area contributed by atoms with Gasteiger partial charge in [0.2, 0.25) is 0 Å². The van der Waals surface area contributed by atoms with Gasteiger partial charge in [0.15, 0.2) is 5.78 Å². The highest BCUT2D eigenvalue weighted by Crippen LogP contribution is 2.34. The Labute approximate surface area is 119 Å². The maximum absolute atomic E-state index is 11.9. The standard InChI is InChI=1S/C15H23NO2S/c1-4-14(17)13-10-19-15(11(13)3)16(5-2)12-6-8-18-9-7-12/h10,12H,4-9H2,1-3H3. The van der Waals surface area contributed by atoms with Crippen LogP contribution >= 0.6 is 11.3 Å². The molecule has 0 N–H and O–H groups in total. The first-order valence-electron chi connectivity index (χ1n) is 7.14. The Kier molecular flexibility index (Phi) is 4.99. The number of ketones is 1. The number of anilines is 1. The third kappa shape index (κ3) is 3.00. The lowest BCUT2D eigenvalue weighted by atomic mass is 10.0. The summed E-state index contributed by atoms with van der Waals surface area (Å²) in [6.07, 6.45) is 2.75. The molecule has 0 spiro atoms. The molecule has 0 bridgehead atoms. The van der Waals surface area contributed by atoms with Crippen LogP contribution < -0.4 is 4.90 Å². The molecule has 1 aliphatic heterocycles. The Balaban J connectivity index is 2.23. The summed E-state index contributed by atoms with van der Waals surface area (Å²) in [5.74, 6) is 0.253. The van der Waals surface area contributed by atoms with Gasteiger partial charge in [0, 0.05) is 43.2 Å². The highest BCUT2D eigenvalue weighted by Gasteiger charge is 2.24. The van der Waals surface area contributed by atoms with Crippen LogP contribution in [0.2, 0.25) is 0 Å². The molecule has 0 unspecified atom stereocenters. The summed E-state index contributed by atoms with van der Waals surface area (Å²) in [5, 5.41) is 3.30. The minimum Gasteiger partial charge on any atom is -0.381 e. The van der Waals surface area contributed by atoms with E-state index >= 15 is 0 Å². The lowest BCUT2D eigenvalue weighted by Gasteiger charge is -2.34. The molecule has 1 aromatic rings. The molecule has 0 aliphatic carbocycles. The fraction of sp³-hybridized carbons (Fsp3) is 0.667. The first-order valence-corrected chi connectivity index (χ1v) is 8.02. The molecule has 2 rings (SSSR count). The minimum atomic E-state index is 0.253. The zero-order valence-corrected chi connectivity index (χ0v) is 12.9. The maximum Gasteiger partial charge on any atom is 0.163 e. The van der Waals surface area contributed by atoms with Gasteiger partial charge in [-0.3, -0.25) is 4.79 Å². The molecule has 1 saturated heterocycles. The van der Waals surface area contributed by atoms with Gasteiger partial charge < -0.3 is 9.64 Å². The summed E-state index contributed by atoms with van der Waals surface area (Å²) in [6, 6.07) is 0.556. The summed E-state index contributed by atoms with van der Waals surface area (Å²) in [7, 11) is 0. The van der Waals surface area contributed by atoms with Gasteiger partial charge in [0.25, 0.3) is 0 Å². The number of hydrogen-bond acceptors (Lipinski definition) is 4. The second-order valence-electron chi connectivity index (χ2n) is 4.99. The van der Waals surface area contributed by atoms with Gasteiger partial charge in [-0.2, -0.15) is 0 Å². The largest absolute Gasteiger partial charge is 0.381 e. The van der Waals surface area contributed by atoms with Crippen molar-refractivity contribution in [3.05, 3.63) is 16.5 Å². The lowest BCUT2D eigenvalue weighted by molar-refractivity contribution is 0.0847. The van der Waals surface area contributed by atoms with Gasteiger partial charge in [0.05, 0.1) is 5.00 Å². The fourth-order valence-corrected chi connectivity index (χ4v) is 3.96. The van der Waals surface area contributed by atoms with Gasteiger partial charge in [-0.1, -0.05) is 6.92 Å². The average molecular weight is 281 g/mol. The van der Waals surface area contributed by atoms with Crippen LogP contribution in [0.4, 0.5) is 5.00 Å². The van der Waals surface area contributed by atoms with Crippen molar-refractivity contribution in [2.45, 2.75) is 46.1 Å². The zero-order chi connectivity index (χ0) is 13.8. The van der Waals surface area contributed by atoms with Crippen molar-refractivity contribution < 1.29 is 9.53 Å². The minimum absolute atomic E-state index is 0.253. The van der Waals surface area contributed by atoms with E-state index in [0.717, 1.165) is 43.7 Å². The molecule has 1 fully saturated rings. The van der Waals surface area contributed by atoms with Crippen LogP contribution in [0.15, 0.2) is 5.38 Å². The SMILES string of the molecule is CCC(=O)c1csc(N(CC)C2CCOCC2)c1C. The quantitative estimate of drug-likeness (QED) is 0.772. The van der Waals surface area contributed by atoms with Crippen molar-refractivity contribution in [3.63, 3.8) is 0 Å². The van der Waals surface area contributed by atoms with Gasteiger partial charge >= 0.3 is 0 Å². The first-order chi connectivity index (χ1) is 9.19. The van der Waals surface area contributed by atoms with Crippen molar-refractivity contribution in [2.75, 3.05) is 24.7 Å². The van der Waals surface area contributed by atoms with Crippen molar-refractivity contribution in [3.8, 4) is 0 Å². The van der Waals surface area contributed by atoms with E-state index in [2.05, 4.69) is 18.7 Å². The van der Waals surface area contributed by atoms with E-state index in [4.69, 9.17) is 4.74 Å². The van der Waals surface area contributed by atoms with Gasteiger partial charge in [0.1, 0.15) is 0 Å². The van der Waals surface area contributed by atoms with Crippen LogP contribution in [0.25, 0.3) is 0 Å². The number of Topliss-reactive ketones (excluding diaryl/α,β-unsaturated/α-hetero) is 1. The molecule has 4 heteroatoms. The number of thiophene rings is 1. The Hall–Kier alpha value is -0.870. The van der Waals surface area contributed by atoms with Crippen LogP contribution in [0.1, 0.15) is 49.0 Å². The topological polar surface area (TPSA) is 29.5 Å². The van der Waals surface area contributed by atoms with Crippen molar-refractivity contribution in [1.82, 2.24) is 0 Å². The third-order valence-electron chi connectivity index (χ3n) is 3.87. The molecule has 0 amide bonds. The normalized spacial score (nSPS) is 16.6.